The lowest BCUT2D eigenvalue weighted by Gasteiger charge is -2.27. The van der Waals surface area contributed by atoms with E-state index in [0.717, 1.165) is 25.7 Å². The van der Waals surface area contributed by atoms with E-state index in [1.54, 1.807) is 0 Å². The van der Waals surface area contributed by atoms with E-state index in [9.17, 15) is 8.42 Å². The number of hydrogen-bond donors (Lipinski definition) is 1. The summed E-state index contributed by atoms with van der Waals surface area (Å²) in [6, 6.07) is 0.951. The van der Waals surface area contributed by atoms with E-state index in [2.05, 4.69) is 5.32 Å². The molecule has 0 amide bonds. The van der Waals surface area contributed by atoms with Crippen LogP contribution in [-0.2, 0) is 9.84 Å². The Labute approximate surface area is 73.5 Å². The van der Waals surface area contributed by atoms with Gasteiger partial charge in [-0.2, -0.15) is 0 Å². The molecule has 0 radical (unpaired) electrons. The molecule has 0 aromatic carbocycles. The molecule has 4 heteroatoms. The smallest absolute Gasteiger partial charge is 0.150 e. The summed E-state index contributed by atoms with van der Waals surface area (Å²) < 4.78 is 22.6. The van der Waals surface area contributed by atoms with E-state index in [-0.39, 0.29) is 5.25 Å². The van der Waals surface area contributed by atoms with E-state index in [0.29, 0.717) is 12.1 Å². The molecule has 2 bridgehead atoms. The van der Waals surface area contributed by atoms with E-state index in [4.69, 9.17) is 0 Å². The summed E-state index contributed by atoms with van der Waals surface area (Å²) in [6.07, 6.45) is 5.35. The quantitative estimate of drug-likeness (QED) is 0.646. The predicted molar refractivity (Wildman–Crippen MR) is 47.8 cm³/mol. The molecule has 3 nitrogen and oxygen atoms in total. The summed E-state index contributed by atoms with van der Waals surface area (Å²) in [5, 5.41) is 3.35. The second kappa shape index (κ2) is 2.70. The third-order valence-electron chi connectivity index (χ3n) is 3.04. The van der Waals surface area contributed by atoms with Gasteiger partial charge in [-0.15, -0.1) is 0 Å². The zero-order valence-corrected chi connectivity index (χ0v) is 8.10. The molecule has 1 unspecified atom stereocenters. The van der Waals surface area contributed by atoms with Crippen molar-refractivity contribution in [3.8, 4) is 0 Å². The number of nitrogens with one attached hydrogen (secondary N) is 1. The Balaban J connectivity index is 2.13. The third-order valence-corrected chi connectivity index (χ3v) is 4.63. The Morgan fingerprint density at radius 1 is 1.17 bits per heavy atom. The van der Waals surface area contributed by atoms with Gasteiger partial charge in [0, 0.05) is 18.3 Å². The fraction of sp³-hybridized carbons (Fsp3) is 1.00. The molecule has 2 heterocycles. The van der Waals surface area contributed by atoms with Crippen molar-refractivity contribution in [1.82, 2.24) is 5.32 Å². The van der Waals surface area contributed by atoms with Crippen LogP contribution in [-0.4, -0.2) is 32.0 Å². The van der Waals surface area contributed by atoms with Crippen molar-refractivity contribution in [3.63, 3.8) is 0 Å². The van der Waals surface area contributed by atoms with Gasteiger partial charge in [-0.25, -0.2) is 8.42 Å². The minimum absolute atomic E-state index is 0.0729. The second-order valence-electron chi connectivity index (χ2n) is 4.06. The highest BCUT2D eigenvalue weighted by Crippen LogP contribution is 2.29. The molecule has 0 saturated carbocycles. The minimum Gasteiger partial charge on any atom is -0.311 e. The normalized spacial score (nSPS) is 41.6. The van der Waals surface area contributed by atoms with Crippen LogP contribution in [0.15, 0.2) is 0 Å². The molecule has 2 rings (SSSR count). The number of piperidine rings is 1. The first-order chi connectivity index (χ1) is 5.55. The summed E-state index contributed by atoms with van der Waals surface area (Å²) in [6.45, 7) is 0. The van der Waals surface area contributed by atoms with E-state index < -0.39 is 9.84 Å². The molecule has 0 aromatic heterocycles. The highest BCUT2D eigenvalue weighted by molar-refractivity contribution is 7.91. The summed E-state index contributed by atoms with van der Waals surface area (Å²) in [4.78, 5) is 0. The topological polar surface area (TPSA) is 46.2 Å². The van der Waals surface area contributed by atoms with Crippen LogP contribution in [0.3, 0.4) is 0 Å². The average molecular weight is 189 g/mol. The van der Waals surface area contributed by atoms with Crippen LogP contribution in [0.1, 0.15) is 25.7 Å². The molecule has 2 aliphatic heterocycles. The van der Waals surface area contributed by atoms with E-state index in [1.807, 2.05) is 0 Å². The molecule has 0 spiro atoms. The monoisotopic (exact) mass is 189 g/mol. The maximum Gasteiger partial charge on any atom is 0.150 e. The van der Waals surface area contributed by atoms with E-state index in [1.165, 1.54) is 6.26 Å². The predicted octanol–water partition coefficient (Wildman–Crippen LogP) is 0.314. The van der Waals surface area contributed by atoms with Gasteiger partial charge in [-0.1, -0.05) is 0 Å². The molecule has 2 aliphatic rings. The SMILES string of the molecule is CS(=O)(=O)C1C[C@H]2CC[C@@H](C1)N2. The molecule has 2 saturated heterocycles. The van der Waals surface area contributed by atoms with Crippen LogP contribution in [0.2, 0.25) is 0 Å². The first-order valence-electron chi connectivity index (χ1n) is 4.50. The minimum atomic E-state index is -2.79. The highest BCUT2D eigenvalue weighted by atomic mass is 32.2. The molecule has 0 aromatic rings. The summed E-state index contributed by atoms with van der Waals surface area (Å²) >= 11 is 0. The lowest BCUT2D eigenvalue weighted by atomic mass is 10.1. The van der Waals surface area contributed by atoms with Gasteiger partial charge in [0.15, 0.2) is 0 Å². The largest absolute Gasteiger partial charge is 0.311 e. The first-order valence-corrected chi connectivity index (χ1v) is 6.46. The third kappa shape index (κ3) is 1.50. The van der Waals surface area contributed by atoms with Gasteiger partial charge in [-0.3, -0.25) is 0 Å². The Kier molecular flexibility index (Phi) is 1.92. The van der Waals surface area contributed by atoms with Gasteiger partial charge < -0.3 is 5.32 Å². The van der Waals surface area contributed by atoms with Crippen molar-refractivity contribution in [2.24, 2.45) is 0 Å². The second-order valence-corrected chi connectivity index (χ2v) is 6.39. The van der Waals surface area contributed by atoms with Crippen molar-refractivity contribution >= 4 is 9.84 Å². The van der Waals surface area contributed by atoms with Crippen molar-refractivity contribution < 1.29 is 8.42 Å². The van der Waals surface area contributed by atoms with Crippen molar-refractivity contribution in [1.29, 1.82) is 0 Å². The van der Waals surface area contributed by atoms with Crippen molar-refractivity contribution in [3.05, 3.63) is 0 Å². The first kappa shape index (κ1) is 8.51. The number of hydrogen-bond acceptors (Lipinski definition) is 3. The van der Waals surface area contributed by atoms with Gasteiger partial charge in [-0.05, 0) is 25.7 Å². The molecule has 1 N–H and O–H groups in total. The zero-order chi connectivity index (χ0) is 8.77. The fourth-order valence-corrected chi connectivity index (χ4v) is 3.52. The van der Waals surface area contributed by atoms with Gasteiger partial charge in [0.2, 0.25) is 0 Å². The molecular weight excluding hydrogens is 174 g/mol. The number of sulfone groups is 1. The van der Waals surface area contributed by atoms with Gasteiger partial charge in [0.25, 0.3) is 0 Å². The molecular formula is C8H15NO2S. The maximum absolute atomic E-state index is 11.3. The lowest BCUT2D eigenvalue weighted by molar-refractivity contribution is 0.402. The maximum atomic E-state index is 11.3. The highest BCUT2D eigenvalue weighted by Gasteiger charge is 2.37. The summed E-state index contributed by atoms with van der Waals surface area (Å²) in [5.41, 5.74) is 0. The van der Waals surface area contributed by atoms with Crippen LogP contribution in [0.5, 0.6) is 0 Å². The average Bonchev–Trinajstić information content (AvgIpc) is 2.28. The Morgan fingerprint density at radius 3 is 2.08 bits per heavy atom. The Morgan fingerprint density at radius 2 is 1.67 bits per heavy atom. The van der Waals surface area contributed by atoms with E-state index >= 15 is 0 Å². The fourth-order valence-electron chi connectivity index (χ4n) is 2.35. The molecule has 12 heavy (non-hydrogen) atoms. The Bertz CT molecular complexity index is 261. The molecule has 3 atom stereocenters. The lowest BCUT2D eigenvalue weighted by Crippen LogP contribution is -2.43. The van der Waals surface area contributed by atoms with Crippen LogP contribution >= 0.6 is 0 Å². The molecule has 0 aliphatic carbocycles. The van der Waals surface area contributed by atoms with Gasteiger partial charge in [0.1, 0.15) is 9.84 Å². The van der Waals surface area contributed by atoms with Crippen LogP contribution in [0, 0.1) is 0 Å². The number of rotatable bonds is 1. The van der Waals surface area contributed by atoms with Crippen LogP contribution < -0.4 is 5.32 Å². The van der Waals surface area contributed by atoms with Crippen LogP contribution in [0.4, 0.5) is 0 Å². The standard InChI is InChI=1S/C8H15NO2S/c1-12(10,11)8-4-6-2-3-7(5-8)9-6/h6-9H,2-5H2,1H3/t6-,7+,8?. The summed E-state index contributed by atoms with van der Waals surface area (Å²) in [5.74, 6) is 0. The van der Waals surface area contributed by atoms with Gasteiger partial charge >= 0.3 is 0 Å². The Hall–Kier alpha value is -0.0900. The zero-order valence-electron chi connectivity index (χ0n) is 7.29. The van der Waals surface area contributed by atoms with Crippen molar-refractivity contribution in [2.75, 3.05) is 6.26 Å². The van der Waals surface area contributed by atoms with Gasteiger partial charge in [0.05, 0.1) is 5.25 Å². The summed E-state index contributed by atoms with van der Waals surface area (Å²) in [7, 11) is -2.79. The van der Waals surface area contributed by atoms with Crippen LogP contribution in [0.25, 0.3) is 0 Å². The van der Waals surface area contributed by atoms with Crippen molar-refractivity contribution in [2.45, 2.75) is 43.0 Å². The number of fused-ring (bicyclic) bond motifs is 2. The molecule has 70 valence electrons. The molecule has 2 fully saturated rings.